The van der Waals surface area contributed by atoms with Gasteiger partial charge < -0.3 is 14.2 Å². The largest absolute Gasteiger partial charge is 0.494 e. The molecule has 0 bridgehead atoms. The van der Waals surface area contributed by atoms with E-state index in [1.54, 1.807) is 0 Å². The molecule has 0 unspecified atom stereocenters. The van der Waals surface area contributed by atoms with Crippen LogP contribution in [0.3, 0.4) is 0 Å². The van der Waals surface area contributed by atoms with Gasteiger partial charge in [-0.3, -0.25) is 4.79 Å². The highest BCUT2D eigenvalue weighted by Gasteiger charge is 2.51. The van der Waals surface area contributed by atoms with E-state index in [0.717, 1.165) is 37.0 Å². The van der Waals surface area contributed by atoms with E-state index in [9.17, 15) is 18.0 Å². The Bertz CT molecular complexity index is 598. The summed E-state index contributed by atoms with van der Waals surface area (Å²) in [5.74, 6) is 0.123. The molecule has 2 fully saturated rings. The van der Waals surface area contributed by atoms with E-state index in [1.807, 2.05) is 56.9 Å². The van der Waals surface area contributed by atoms with Crippen molar-refractivity contribution in [1.82, 2.24) is 4.90 Å². The first-order valence-electron chi connectivity index (χ1n) is 8.70. The zero-order valence-corrected chi connectivity index (χ0v) is 15.6. The monoisotopic (exact) mass is 371 g/mol. The Balaban J connectivity index is 0.000000552. The van der Waals surface area contributed by atoms with E-state index in [2.05, 4.69) is 0 Å². The van der Waals surface area contributed by atoms with E-state index in [-0.39, 0.29) is 24.2 Å². The highest BCUT2D eigenvalue weighted by Crippen LogP contribution is 2.36. The van der Waals surface area contributed by atoms with Crippen LogP contribution >= 0.6 is 0 Å². The second-order valence-corrected chi connectivity index (χ2v) is 7.46. The lowest BCUT2D eigenvalue weighted by atomic mass is 9.79. The summed E-state index contributed by atoms with van der Waals surface area (Å²) in [6.07, 6.45) is 2.22. The minimum absolute atomic E-state index is 0.123. The molecule has 2 saturated heterocycles. The Hall–Kier alpha value is -1.54. The van der Waals surface area contributed by atoms with Gasteiger partial charge in [0, 0.05) is 18.7 Å². The van der Waals surface area contributed by atoms with E-state index in [1.165, 1.54) is 0 Å². The van der Waals surface area contributed by atoms with Gasteiger partial charge in [-0.15, -0.1) is 0 Å². The summed E-state index contributed by atoms with van der Waals surface area (Å²) >= 11 is 0. The van der Waals surface area contributed by atoms with Gasteiger partial charge in [0.05, 0.1) is 11.2 Å². The first kappa shape index (κ1) is 20.8. The molecule has 0 N–H and O–H groups in total. The number of alkyl halides is 3. The van der Waals surface area contributed by atoms with E-state index < -0.39 is 6.68 Å². The molecule has 2 heterocycles. The van der Waals surface area contributed by atoms with Gasteiger partial charge in [-0.25, -0.2) is 0 Å². The maximum absolute atomic E-state index is 12.3. The number of nitrogens with zero attached hydrogens (tertiary/aromatic N) is 1. The summed E-state index contributed by atoms with van der Waals surface area (Å²) in [5.41, 5.74) is 1.00. The van der Waals surface area contributed by atoms with Crippen molar-refractivity contribution < 1.29 is 27.3 Å². The van der Waals surface area contributed by atoms with Gasteiger partial charge in [0.2, 0.25) is 0 Å². The quantitative estimate of drug-likeness (QED) is 0.748. The molecule has 26 heavy (non-hydrogen) atoms. The molecule has 0 aliphatic carbocycles. The fraction of sp³-hybridized carbons (Fsp3) is 0.611. The zero-order chi connectivity index (χ0) is 19.5. The van der Waals surface area contributed by atoms with E-state index in [4.69, 9.17) is 9.31 Å². The first-order chi connectivity index (χ1) is 12.0. The molecule has 1 aromatic rings. The molecule has 1 amide bonds. The third-order valence-electron chi connectivity index (χ3n) is 5.08. The lowest BCUT2D eigenvalue weighted by Crippen LogP contribution is -2.41. The minimum atomic E-state index is -3.67. The first-order valence-corrected chi connectivity index (χ1v) is 8.70. The van der Waals surface area contributed by atoms with Crippen molar-refractivity contribution in [3.63, 3.8) is 0 Å². The highest BCUT2D eigenvalue weighted by molar-refractivity contribution is 6.62. The molecule has 0 atom stereocenters. The SMILES string of the molecule is CC1(C)OB(c2ccc(C(=O)N3CCCC3)cc2)OC1(C)C.FC(F)F. The van der Waals surface area contributed by atoms with Crippen LogP contribution in [0.15, 0.2) is 24.3 Å². The van der Waals surface area contributed by atoms with Crippen LogP contribution in [-0.2, 0) is 9.31 Å². The Morgan fingerprint density at radius 3 is 1.85 bits per heavy atom. The topological polar surface area (TPSA) is 38.8 Å². The average molecular weight is 371 g/mol. The van der Waals surface area contributed by atoms with Crippen molar-refractivity contribution in [1.29, 1.82) is 0 Å². The summed E-state index contributed by atoms with van der Waals surface area (Å²) in [6, 6.07) is 7.62. The molecule has 144 valence electrons. The number of benzene rings is 1. The molecule has 0 aromatic heterocycles. The molecule has 8 heteroatoms. The number of carbonyl (C=O) groups is 1. The number of rotatable bonds is 2. The molecule has 3 rings (SSSR count). The maximum Gasteiger partial charge on any atom is 0.494 e. The predicted molar refractivity (Wildman–Crippen MR) is 94.4 cm³/mol. The second kappa shape index (κ2) is 8.00. The molecule has 0 spiro atoms. The number of hydrogen-bond acceptors (Lipinski definition) is 3. The molecular formula is C18H25BF3NO3. The molecule has 2 aliphatic rings. The fourth-order valence-electron chi connectivity index (χ4n) is 2.86. The number of carbonyl (C=O) groups excluding carboxylic acids is 1. The van der Waals surface area contributed by atoms with Crippen molar-refractivity contribution >= 4 is 18.5 Å². The number of halogens is 3. The Morgan fingerprint density at radius 2 is 1.42 bits per heavy atom. The third kappa shape index (κ3) is 4.79. The zero-order valence-electron chi connectivity index (χ0n) is 15.6. The summed E-state index contributed by atoms with van der Waals surface area (Å²) in [5, 5.41) is 0. The third-order valence-corrected chi connectivity index (χ3v) is 5.08. The normalized spacial score (nSPS) is 20.9. The molecule has 1 aromatic carbocycles. The van der Waals surface area contributed by atoms with Crippen LogP contribution in [0, 0.1) is 0 Å². The van der Waals surface area contributed by atoms with Crippen molar-refractivity contribution in [3.05, 3.63) is 29.8 Å². The Morgan fingerprint density at radius 1 is 1.00 bits per heavy atom. The smallest absolute Gasteiger partial charge is 0.399 e. The minimum Gasteiger partial charge on any atom is -0.399 e. The maximum atomic E-state index is 12.3. The lowest BCUT2D eigenvalue weighted by Gasteiger charge is -2.32. The molecule has 0 saturated carbocycles. The Kier molecular flexibility index (Phi) is 6.39. The number of hydrogen-bond donors (Lipinski definition) is 0. The fourth-order valence-corrected chi connectivity index (χ4v) is 2.86. The molecule has 4 nitrogen and oxygen atoms in total. The molecular weight excluding hydrogens is 346 g/mol. The van der Waals surface area contributed by atoms with Crippen LogP contribution in [0.4, 0.5) is 13.2 Å². The van der Waals surface area contributed by atoms with Gasteiger partial charge in [0.25, 0.3) is 5.91 Å². The van der Waals surface area contributed by atoms with Gasteiger partial charge in [0.15, 0.2) is 0 Å². The standard InChI is InChI=1S/C17H24BNO3.CHF3/c1-16(2)17(3,4)22-18(21-16)14-9-7-13(8-10-14)15(20)19-11-5-6-12-19;2-1(3)4/h7-10H,5-6,11-12H2,1-4H3;1H. The second-order valence-electron chi connectivity index (χ2n) is 7.46. The summed E-state index contributed by atoms with van der Waals surface area (Å²) in [4.78, 5) is 14.3. The van der Waals surface area contributed by atoms with Crippen LogP contribution in [0.1, 0.15) is 50.9 Å². The van der Waals surface area contributed by atoms with Gasteiger partial charge in [-0.2, -0.15) is 13.2 Å². The van der Waals surface area contributed by atoms with Crippen LogP contribution in [0.5, 0.6) is 0 Å². The van der Waals surface area contributed by atoms with Crippen molar-refractivity contribution in [2.24, 2.45) is 0 Å². The average Bonchev–Trinajstić information content (AvgIpc) is 3.13. The number of likely N-dealkylation sites (tertiary alicyclic amines) is 1. The van der Waals surface area contributed by atoms with Crippen molar-refractivity contribution in [2.45, 2.75) is 58.4 Å². The van der Waals surface area contributed by atoms with Crippen molar-refractivity contribution in [2.75, 3.05) is 13.1 Å². The molecule has 2 aliphatic heterocycles. The summed E-state index contributed by atoms with van der Waals surface area (Å²) in [6.45, 7) is 6.24. The summed E-state index contributed by atoms with van der Waals surface area (Å²) in [7, 11) is -0.374. The Labute approximate surface area is 152 Å². The lowest BCUT2D eigenvalue weighted by molar-refractivity contribution is 0.00578. The van der Waals surface area contributed by atoms with Gasteiger partial charge in [-0.1, -0.05) is 12.1 Å². The van der Waals surface area contributed by atoms with Gasteiger partial charge in [0.1, 0.15) is 0 Å². The molecule has 0 radical (unpaired) electrons. The number of amides is 1. The van der Waals surface area contributed by atoms with Gasteiger partial charge >= 0.3 is 13.8 Å². The van der Waals surface area contributed by atoms with E-state index >= 15 is 0 Å². The highest BCUT2D eigenvalue weighted by atomic mass is 19.4. The van der Waals surface area contributed by atoms with Crippen LogP contribution < -0.4 is 5.46 Å². The predicted octanol–water partition coefficient (Wildman–Crippen LogP) is 3.40. The van der Waals surface area contributed by atoms with Gasteiger partial charge in [-0.05, 0) is 58.1 Å². The summed E-state index contributed by atoms with van der Waals surface area (Å²) < 4.78 is 41.1. The van der Waals surface area contributed by atoms with Crippen LogP contribution in [0.2, 0.25) is 0 Å². The van der Waals surface area contributed by atoms with Crippen LogP contribution in [-0.4, -0.2) is 48.9 Å². The van der Waals surface area contributed by atoms with E-state index in [0.29, 0.717) is 0 Å². The van der Waals surface area contributed by atoms with Crippen LogP contribution in [0.25, 0.3) is 0 Å². The van der Waals surface area contributed by atoms with Crippen molar-refractivity contribution in [3.8, 4) is 0 Å².